The zero-order chi connectivity index (χ0) is 24.9. The summed E-state index contributed by atoms with van der Waals surface area (Å²) in [5, 5.41) is 23.0. The van der Waals surface area contributed by atoms with Crippen LogP contribution in [0.4, 0.5) is 22.7 Å². The van der Waals surface area contributed by atoms with E-state index in [-0.39, 0.29) is 40.1 Å². The molecule has 0 atom stereocenters. The molecule has 35 heavy (non-hydrogen) atoms. The first-order chi connectivity index (χ1) is 16.9. The normalized spacial score (nSPS) is 16.2. The Balaban J connectivity index is 1.47. The predicted octanol–water partition coefficient (Wildman–Crippen LogP) is 2.70. The number of morpholine rings is 1. The number of nitro groups is 2. The van der Waals surface area contributed by atoms with Crippen molar-refractivity contribution in [3.8, 4) is 5.75 Å². The summed E-state index contributed by atoms with van der Waals surface area (Å²) in [6.45, 7) is 6.13. The Bertz CT molecular complexity index is 1110. The maximum Gasteiger partial charge on any atom is 0.311 e. The van der Waals surface area contributed by atoms with Crippen LogP contribution in [0.2, 0.25) is 0 Å². The fourth-order valence-corrected chi connectivity index (χ4v) is 4.34. The number of ether oxygens (including phenoxy) is 2. The van der Waals surface area contributed by atoms with Gasteiger partial charge in [-0.15, -0.1) is 0 Å². The lowest BCUT2D eigenvalue weighted by Gasteiger charge is -2.37. The molecular formula is C23H27N5O7. The van der Waals surface area contributed by atoms with Gasteiger partial charge in [0.1, 0.15) is 5.69 Å². The average molecular weight is 485 g/mol. The molecule has 0 saturated carbocycles. The van der Waals surface area contributed by atoms with E-state index in [1.54, 1.807) is 17.9 Å². The Hall–Kier alpha value is -3.93. The zero-order valence-electron chi connectivity index (χ0n) is 19.4. The second kappa shape index (κ2) is 10.6. The SMILES string of the molecule is CCOc1ccc(C(=O)N2CCN(c3ccc([N+](=O)[O-])c(N4CCOCC4)c3)CC2)cc1[N+](=O)[O-]. The van der Waals surface area contributed by atoms with Crippen molar-refractivity contribution in [1.82, 2.24) is 4.90 Å². The monoisotopic (exact) mass is 485 g/mol. The molecule has 2 aromatic carbocycles. The number of carbonyl (C=O) groups excluding carboxylic acids is 1. The van der Waals surface area contributed by atoms with Gasteiger partial charge in [-0.2, -0.15) is 0 Å². The molecule has 12 nitrogen and oxygen atoms in total. The van der Waals surface area contributed by atoms with Crippen molar-refractivity contribution in [2.24, 2.45) is 0 Å². The number of nitrogens with zero attached hydrogens (tertiary/aromatic N) is 5. The van der Waals surface area contributed by atoms with E-state index in [4.69, 9.17) is 9.47 Å². The molecule has 0 aliphatic carbocycles. The second-order valence-electron chi connectivity index (χ2n) is 8.18. The first-order valence-electron chi connectivity index (χ1n) is 11.5. The van der Waals surface area contributed by atoms with Crippen LogP contribution in [0.1, 0.15) is 17.3 Å². The molecule has 0 bridgehead atoms. The van der Waals surface area contributed by atoms with Crippen LogP contribution in [0.5, 0.6) is 5.75 Å². The topological polar surface area (TPSA) is 132 Å². The molecule has 2 saturated heterocycles. The number of anilines is 2. The Morgan fingerprint density at radius 2 is 1.60 bits per heavy atom. The van der Waals surface area contributed by atoms with Gasteiger partial charge in [0.15, 0.2) is 5.75 Å². The first kappa shape index (κ1) is 24.2. The summed E-state index contributed by atoms with van der Waals surface area (Å²) in [4.78, 5) is 40.8. The summed E-state index contributed by atoms with van der Waals surface area (Å²) in [6.07, 6.45) is 0. The number of benzene rings is 2. The minimum atomic E-state index is -0.555. The molecular weight excluding hydrogens is 458 g/mol. The maximum absolute atomic E-state index is 13.0. The lowest BCUT2D eigenvalue weighted by atomic mass is 10.1. The van der Waals surface area contributed by atoms with Gasteiger partial charge in [0.2, 0.25) is 0 Å². The largest absolute Gasteiger partial charge is 0.487 e. The molecule has 186 valence electrons. The molecule has 1 amide bonds. The van der Waals surface area contributed by atoms with Crippen LogP contribution < -0.4 is 14.5 Å². The van der Waals surface area contributed by atoms with E-state index in [1.807, 2.05) is 11.0 Å². The minimum absolute atomic E-state index is 0.0570. The quantitative estimate of drug-likeness (QED) is 0.429. The number of hydrogen-bond acceptors (Lipinski definition) is 9. The summed E-state index contributed by atoms with van der Waals surface area (Å²) < 4.78 is 10.7. The van der Waals surface area contributed by atoms with Crippen LogP contribution in [-0.4, -0.2) is 79.7 Å². The molecule has 2 aliphatic heterocycles. The van der Waals surface area contributed by atoms with E-state index in [0.717, 1.165) is 5.69 Å². The number of amides is 1. The van der Waals surface area contributed by atoms with Gasteiger partial charge in [-0.1, -0.05) is 0 Å². The van der Waals surface area contributed by atoms with Gasteiger partial charge in [0.05, 0.1) is 29.7 Å². The first-order valence-corrected chi connectivity index (χ1v) is 11.5. The number of rotatable bonds is 7. The maximum atomic E-state index is 13.0. The standard InChI is InChI=1S/C23H27N5O7/c1-2-35-22-6-3-17(15-21(22)28(32)33)23(29)26-9-7-24(8-10-26)18-4-5-19(27(30)31)20(16-18)25-11-13-34-14-12-25/h3-6,15-16H,2,7-14H2,1H3. The van der Waals surface area contributed by atoms with Crippen LogP contribution in [0.25, 0.3) is 0 Å². The number of piperazine rings is 1. The molecule has 0 spiro atoms. The van der Waals surface area contributed by atoms with Crippen molar-refractivity contribution in [2.75, 3.05) is 68.9 Å². The van der Waals surface area contributed by atoms with Crippen molar-refractivity contribution in [3.63, 3.8) is 0 Å². The van der Waals surface area contributed by atoms with Crippen LogP contribution in [-0.2, 0) is 4.74 Å². The van der Waals surface area contributed by atoms with Gasteiger partial charge in [0.25, 0.3) is 11.6 Å². The van der Waals surface area contributed by atoms with Crippen molar-refractivity contribution in [3.05, 3.63) is 62.2 Å². The molecule has 0 unspecified atom stereocenters. The zero-order valence-corrected chi connectivity index (χ0v) is 19.4. The van der Waals surface area contributed by atoms with Crippen LogP contribution in [0, 0.1) is 20.2 Å². The molecule has 12 heteroatoms. The molecule has 0 aromatic heterocycles. The lowest BCUT2D eigenvalue weighted by Crippen LogP contribution is -2.48. The van der Waals surface area contributed by atoms with Gasteiger partial charge in [-0.25, -0.2) is 0 Å². The van der Waals surface area contributed by atoms with E-state index in [2.05, 4.69) is 4.90 Å². The van der Waals surface area contributed by atoms with Crippen molar-refractivity contribution >= 4 is 28.7 Å². The Kier molecular flexibility index (Phi) is 7.30. The highest BCUT2D eigenvalue weighted by atomic mass is 16.6. The van der Waals surface area contributed by atoms with Gasteiger partial charge in [-0.3, -0.25) is 25.0 Å². The highest BCUT2D eigenvalue weighted by Gasteiger charge is 2.27. The van der Waals surface area contributed by atoms with Crippen molar-refractivity contribution < 1.29 is 24.1 Å². The fraction of sp³-hybridized carbons (Fsp3) is 0.435. The number of hydrogen-bond donors (Lipinski definition) is 0. The van der Waals surface area contributed by atoms with E-state index in [0.29, 0.717) is 58.2 Å². The highest BCUT2D eigenvalue weighted by molar-refractivity contribution is 5.95. The fourth-order valence-electron chi connectivity index (χ4n) is 4.34. The number of carbonyl (C=O) groups is 1. The molecule has 2 fully saturated rings. The molecule has 4 rings (SSSR count). The Labute approximate surface area is 201 Å². The summed E-state index contributed by atoms with van der Waals surface area (Å²) in [5.74, 6) is -0.151. The van der Waals surface area contributed by atoms with Crippen LogP contribution in [0.3, 0.4) is 0 Å². The van der Waals surface area contributed by atoms with Crippen LogP contribution >= 0.6 is 0 Å². The third-order valence-corrected chi connectivity index (χ3v) is 6.14. The molecule has 2 heterocycles. The summed E-state index contributed by atoms with van der Waals surface area (Å²) in [6, 6.07) is 9.33. The second-order valence-corrected chi connectivity index (χ2v) is 8.18. The third-order valence-electron chi connectivity index (χ3n) is 6.14. The van der Waals surface area contributed by atoms with Gasteiger partial charge in [0, 0.05) is 62.7 Å². The average Bonchev–Trinajstić information content (AvgIpc) is 2.88. The van der Waals surface area contributed by atoms with Gasteiger partial charge < -0.3 is 24.2 Å². The highest BCUT2D eigenvalue weighted by Crippen LogP contribution is 2.34. The van der Waals surface area contributed by atoms with Gasteiger partial charge in [-0.05, 0) is 31.2 Å². The van der Waals surface area contributed by atoms with E-state index in [1.165, 1.54) is 24.3 Å². The van der Waals surface area contributed by atoms with E-state index < -0.39 is 4.92 Å². The molecule has 0 radical (unpaired) electrons. The molecule has 2 aliphatic rings. The van der Waals surface area contributed by atoms with Crippen molar-refractivity contribution in [1.29, 1.82) is 0 Å². The third kappa shape index (κ3) is 5.27. The van der Waals surface area contributed by atoms with Gasteiger partial charge >= 0.3 is 5.69 Å². The smallest absolute Gasteiger partial charge is 0.311 e. The summed E-state index contributed by atoms with van der Waals surface area (Å²) >= 11 is 0. The van der Waals surface area contributed by atoms with Crippen molar-refractivity contribution in [2.45, 2.75) is 6.92 Å². The minimum Gasteiger partial charge on any atom is -0.487 e. The summed E-state index contributed by atoms with van der Waals surface area (Å²) in [5.41, 5.74) is 1.47. The molecule has 0 N–H and O–H groups in total. The molecule has 2 aromatic rings. The Morgan fingerprint density at radius 1 is 0.914 bits per heavy atom. The predicted molar refractivity (Wildman–Crippen MR) is 129 cm³/mol. The summed E-state index contributed by atoms with van der Waals surface area (Å²) in [7, 11) is 0. The van der Waals surface area contributed by atoms with E-state index >= 15 is 0 Å². The number of nitro benzene ring substituents is 2. The van der Waals surface area contributed by atoms with Crippen LogP contribution in [0.15, 0.2) is 36.4 Å². The van der Waals surface area contributed by atoms with E-state index in [9.17, 15) is 25.0 Å². The lowest BCUT2D eigenvalue weighted by molar-refractivity contribution is -0.385. The Morgan fingerprint density at radius 3 is 2.23 bits per heavy atom.